The first-order valence-corrected chi connectivity index (χ1v) is 7.94. The minimum Gasteiger partial charge on any atom is -0.391 e. The maximum Gasteiger partial charge on any atom is 0.243 e. The summed E-state index contributed by atoms with van der Waals surface area (Å²) >= 11 is 1.42. The van der Waals surface area contributed by atoms with Gasteiger partial charge in [0.05, 0.1) is 6.10 Å². The molecule has 1 aliphatic heterocycles. The molecule has 5 heteroatoms. The Labute approximate surface area is 118 Å². The molecule has 2 heterocycles. The number of aromatic nitrogens is 1. The van der Waals surface area contributed by atoms with Crippen molar-refractivity contribution in [3.05, 3.63) is 23.9 Å². The monoisotopic (exact) mass is 280 g/mol. The third-order valence-corrected chi connectivity index (χ3v) is 4.45. The van der Waals surface area contributed by atoms with Gasteiger partial charge in [0, 0.05) is 12.7 Å². The van der Waals surface area contributed by atoms with Crippen LogP contribution in [-0.4, -0.2) is 40.2 Å². The molecule has 1 N–H and O–H groups in total. The summed E-state index contributed by atoms with van der Waals surface area (Å²) in [5.74, 6) is 0.737. The molecule has 1 aromatic heterocycles. The molecule has 104 valence electrons. The molecule has 19 heavy (non-hydrogen) atoms. The number of carbonyl (C=O) groups excluding carboxylic acids is 1. The van der Waals surface area contributed by atoms with Gasteiger partial charge in [-0.15, -0.1) is 11.8 Å². The van der Waals surface area contributed by atoms with Crippen molar-refractivity contribution in [2.24, 2.45) is 0 Å². The lowest BCUT2D eigenvalue weighted by Crippen LogP contribution is -2.42. The summed E-state index contributed by atoms with van der Waals surface area (Å²) in [6.45, 7) is 2.68. The van der Waals surface area contributed by atoms with E-state index in [1.807, 2.05) is 25.3 Å². The number of hydrogen-bond acceptors (Lipinski definition) is 4. The summed E-state index contributed by atoms with van der Waals surface area (Å²) in [6, 6.07) is 3.90. The molecule has 1 aromatic rings. The van der Waals surface area contributed by atoms with E-state index in [4.69, 9.17) is 0 Å². The largest absolute Gasteiger partial charge is 0.391 e. The molecular formula is C14H20N2O2S. The Morgan fingerprint density at radius 2 is 2.42 bits per heavy atom. The molecule has 2 atom stereocenters. The molecule has 1 aliphatic rings. The van der Waals surface area contributed by atoms with E-state index in [0.717, 1.165) is 24.2 Å². The molecule has 0 fully saturated rings. The summed E-state index contributed by atoms with van der Waals surface area (Å²) in [5.41, 5.74) is 1.11. The van der Waals surface area contributed by atoms with Crippen molar-refractivity contribution in [1.82, 2.24) is 4.98 Å². The van der Waals surface area contributed by atoms with E-state index >= 15 is 0 Å². The lowest BCUT2D eigenvalue weighted by molar-refractivity contribution is -0.119. The lowest BCUT2D eigenvalue weighted by Gasteiger charge is -2.25. The number of aliphatic hydroxyl groups excluding tert-OH is 1. The van der Waals surface area contributed by atoms with Crippen LogP contribution < -0.4 is 4.90 Å². The number of amides is 1. The zero-order valence-corrected chi connectivity index (χ0v) is 12.2. The molecule has 0 spiro atoms. The van der Waals surface area contributed by atoms with Crippen LogP contribution in [0.25, 0.3) is 0 Å². The number of anilines is 1. The minimum atomic E-state index is -0.583. The molecule has 0 saturated carbocycles. The second kappa shape index (κ2) is 6.39. The van der Waals surface area contributed by atoms with Gasteiger partial charge in [0.25, 0.3) is 0 Å². The predicted octanol–water partition coefficient (Wildman–Crippen LogP) is 1.86. The number of nitrogens with zero attached hydrogens (tertiary/aromatic N) is 2. The number of aliphatic hydroxyl groups is 1. The standard InChI is InChI=1S/C14H20N2O2S/c1-3-5-11(17)12(19-2)14(18)16-9-7-10-6-4-8-15-13(10)16/h4,6,8,11-12,17H,3,5,7,9H2,1-2H3/t11-,12+/m0/s1. The van der Waals surface area contributed by atoms with E-state index in [1.165, 1.54) is 11.8 Å². The third-order valence-electron chi connectivity index (χ3n) is 3.43. The van der Waals surface area contributed by atoms with Gasteiger partial charge >= 0.3 is 0 Å². The zero-order chi connectivity index (χ0) is 13.8. The lowest BCUT2D eigenvalue weighted by atomic mass is 10.1. The molecule has 2 rings (SSSR count). The highest BCUT2D eigenvalue weighted by Gasteiger charge is 2.34. The Kier molecular flexibility index (Phi) is 4.82. The van der Waals surface area contributed by atoms with Crippen LogP contribution in [0.3, 0.4) is 0 Å². The van der Waals surface area contributed by atoms with Crippen molar-refractivity contribution in [2.75, 3.05) is 17.7 Å². The Balaban J connectivity index is 2.16. The molecule has 0 bridgehead atoms. The van der Waals surface area contributed by atoms with E-state index in [9.17, 15) is 9.90 Å². The Morgan fingerprint density at radius 3 is 3.11 bits per heavy atom. The summed E-state index contributed by atoms with van der Waals surface area (Å²) in [5, 5.41) is 9.70. The molecule has 4 nitrogen and oxygen atoms in total. The quantitative estimate of drug-likeness (QED) is 0.894. The average molecular weight is 280 g/mol. The van der Waals surface area contributed by atoms with Crippen molar-refractivity contribution >= 4 is 23.5 Å². The average Bonchev–Trinajstić information content (AvgIpc) is 2.83. The maximum atomic E-state index is 12.6. The van der Waals surface area contributed by atoms with Crippen LogP contribution in [0.4, 0.5) is 5.82 Å². The van der Waals surface area contributed by atoms with Crippen molar-refractivity contribution in [2.45, 2.75) is 37.5 Å². The van der Waals surface area contributed by atoms with Gasteiger partial charge < -0.3 is 5.11 Å². The Hall–Kier alpha value is -1.07. The normalized spacial score (nSPS) is 17.1. The number of pyridine rings is 1. The first-order chi connectivity index (χ1) is 9.19. The number of rotatable bonds is 5. The zero-order valence-electron chi connectivity index (χ0n) is 11.4. The molecule has 0 radical (unpaired) electrons. The van der Waals surface area contributed by atoms with Crippen LogP contribution in [0.5, 0.6) is 0 Å². The van der Waals surface area contributed by atoms with Crippen LogP contribution in [-0.2, 0) is 11.2 Å². The first kappa shape index (κ1) is 14.3. The second-order valence-electron chi connectivity index (χ2n) is 4.74. The third kappa shape index (κ3) is 2.92. The van der Waals surface area contributed by atoms with Gasteiger partial charge in [0.1, 0.15) is 11.1 Å². The fourth-order valence-corrected chi connectivity index (χ4v) is 3.22. The highest BCUT2D eigenvalue weighted by Crippen LogP contribution is 2.28. The van der Waals surface area contributed by atoms with Crippen LogP contribution in [0.15, 0.2) is 18.3 Å². The number of hydrogen-bond donors (Lipinski definition) is 1. The van der Waals surface area contributed by atoms with Crippen LogP contribution in [0.1, 0.15) is 25.3 Å². The predicted molar refractivity (Wildman–Crippen MR) is 78.5 cm³/mol. The van der Waals surface area contributed by atoms with Gasteiger partial charge in [-0.1, -0.05) is 19.4 Å². The van der Waals surface area contributed by atoms with E-state index in [-0.39, 0.29) is 5.91 Å². The van der Waals surface area contributed by atoms with Crippen molar-refractivity contribution < 1.29 is 9.90 Å². The Morgan fingerprint density at radius 1 is 1.63 bits per heavy atom. The van der Waals surface area contributed by atoms with Crippen LogP contribution in [0, 0.1) is 0 Å². The van der Waals surface area contributed by atoms with Crippen molar-refractivity contribution in [1.29, 1.82) is 0 Å². The highest BCUT2D eigenvalue weighted by molar-refractivity contribution is 8.00. The molecule has 0 saturated heterocycles. The van der Waals surface area contributed by atoms with Gasteiger partial charge in [-0.2, -0.15) is 0 Å². The SMILES string of the molecule is CCC[C@H](O)[C@@H](SC)C(=O)N1CCc2cccnc21. The van der Waals surface area contributed by atoms with E-state index in [0.29, 0.717) is 13.0 Å². The van der Waals surface area contributed by atoms with Gasteiger partial charge in [-0.3, -0.25) is 9.69 Å². The van der Waals surface area contributed by atoms with Crippen LogP contribution in [0.2, 0.25) is 0 Å². The van der Waals surface area contributed by atoms with Crippen molar-refractivity contribution in [3.63, 3.8) is 0 Å². The number of carbonyl (C=O) groups is 1. The fourth-order valence-electron chi connectivity index (χ4n) is 2.44. The number of fused-ring (bicyclic) bond motifs is 1. The fraction of sp³-hybridized carbons (Fsp3) is 0.571. The highest BCUT2D eigenvalue weighted by atomic mass is 32.2. The molecule has 0 unspecified atom stereocenters. The summed E-state index contributed by atoms with van der Waals surface area (Å²) < 4.78 is 0. The van der Waals surface area contributed by atoms with E-state index < -0.39 is 11.4 Å². The molecule has 0 aromatic carbocycles. The van der Waals surface area contributed by atoms with Crippen molar-refractivity contribution in [3.8, 4) is 0 Å². The van der Waals surface area contributed by atoms with E-state index in [1.54, 1.807) is 11.1 Å². The van der Waals surface area contributed by atoms with Gasteiger partial charge in [-0.05, 0) is 30.7 Å². The molecule has 1 amide bonds. The van der Waals surface area contributed by atoms with Gasteiger partial charge in [0.2, 0.25) is 5.91 Å². The first-order valence-electron chi connectivity index (χ1n) is 6.65. The Bertz CT molecular complexity index is 453. The smallest absolute Gasteiger partial charge is 0.243 e. The minimum absolute atomic E-state index is 0.0223. The van der Waals surface area contributed by atoms with E-state index in [2.05, 4.69) is 4.98 Å². The summed E-state index contributed by atoms with van der Waals surface area (Å²) in [7, 11) is 0. The number of thioether (sulfide) groups is 1. The van der Waals surface area contributed by atoms with Gasteiger partial charge in [-0.25, -0.2) is 4.98 Å². The second-order valence-corrected chi connectivity index (χ2v) is 5.72. The molecule has 0 aliphatic carbocycles. The summed E-state index contributed by atoms with van der Waals surface area (Å²) in [6.07, 6.45) is 5.37. The summed E-state index contributed by atoms with van der Waals surface area (Å²) in [4.78, 5) is 18.6. The topological polar surface area (TPSA) is 53.4 Å². The molecular weight excluding hydrogens is 260 g/mol. The maximum absolute atomic E-state index is 12.6. The van der Waals surface area contributed by atoms with Crippen LogP contribution >= 0.6 is 11.8 Å². The van der Waals surface area contributed by atoms with Gasteiger partial charge in [0.15, 0.2) is 0 Å².